The molecule has 148 valence electrons. The Morgan fingerprint density at radius 1 is 1.21 bits per heavy atom. The molecule has 3 N–H and O–H groups in total. The summed E-state index contributed by atoms with van der Waals surface area (Å²) in [6, 6.07) is 15.5. The van der Waals surface area contributed by atoms with Crippen molar-refractivity contribution < 1.29 is 14.3 Å². The fourth-order valence-electron chi connectivity index (χ4n) is 3.35. The van der Waals surface area contributed by atoms with Crippen molar-refractivity contribution in [3.8, 4) is 5.75 Å². The predicted molar refractivity (Wildman–Crippen MR) is 111 cm³/mol. The summed E-state index contributed by atoms with van der Waals surface area (Å²) in [5.74, 6) is 5.36. The Bertz CT molecular complexity index is 829. The third-order valence-corrected chi connectivity index (χ3v) is 5.51. The molecule has 1 atom stereocenters. The number of halogens is 1. The lowest BCUT2D eigenvalue weighted by Crippen LogP contribution is -2.47. The third kappa shape index (κ3) is 5.11. The molecule has 3 rings (SSSR count). The minimum absolute atomic E-state index is 0.0916. The van der Waals surface area contributed by atoms with E-state index in [1.54, 1.807) is 23.1 Å². The van der Waals surface area contributed by atoms with Crippen molar-refractivity contribution in [3.05, 3.63) is 64.1 Å². The van der Waals surface area contributed by atoms with Gasteiger partial charge in [0, 0.05) is 25.1 Å². The van der Waals surface area contributed by atoms with Gasteiger partial charge < -0.3 is 9.64 Å². The maximum absolute atomic E-state index is 12.8. The summed E-state index contributed by atoms with van der Waals surface area (Å²) in [7, 11) is 0. The van der Waals surface area contributed by atoms with Gasteiger partial charge in [0.2, 0.25) is 5.91 Å². The van der Waals surface area contributed by atoms with Crippen molar-refractivity contribution in [2.24, 2.45) is 11.8 Å². The molecule has 0 radical (unpaired) electrons. The first kappa shape index (κ1) is 20.4. The standard InChI is InChI=1S/C21H24BrN3O3/c22-18-13-16(21(27)25-11-4-7-17(14-25)20(26)24-23)8-9-19(18)28-12-10-15-5-2-1-3-6-15/h1-3,5-6,8-9,13,17H,4,7,10-12,14,23H2,(H,24,26). The van der Waals surface area contributed by atoms with Crippen LogP contribution in [0.4, 0.5) is 0 Å². The summed E-state index contributed by atoms with van der Waals surface area (Å²) >= 11 is 3.50. The fourth-order valence-corrected chi connectivity index (χ4v) is 3.84. The first-order valence-electron chi connectivity index (χ1n) is 9.34. The average molecular weight is 446 g/mol. The number of carbonyl (C=O) groups excluding carboxylic acids is 2. The van der Waals surface area contributed by atoms with E-state index >= 15 is 0 Å². The molecule has 28 heavy (non-hydrogen) atoms. The maximum Gasteiger partial charge on any atom is 0.253 e. The van der Waals surface area contributed by atoms with E-state index < -0.39 is 0 Å². The van der Waals surface area contributed by atoms with E-state index in [0.29, 0.717) is 31.0 Å². The van der Waals surface area contributed by atoms with Gasteiger partial charge in [-0.05, 0) is 52.5 Å². The number of piperidine rings is 1. The Morgan fingerprint density at radius 3 is 2.71 bits per heavy atom. The van der Waals surface area contributed by atoms with Crippen LogP contribution in [0.15, 0.2) is 53.0 Å². The van der Waals surface area contributed by atoms with Crippen LogP contribution in [-0.2, 0) is 11.2 Å². The zero-order valence-electron chi connectivity index (χ0n) is 15.6. The highest BCUT2D eigenvalue weighted by Gasteiger charge is 2.28. The largest absolute Gasteiger partial charge is 0.492 e. The van der Waals surface area contributed by atoms with Crippen LogP contribution in [0.1, 0.15) is 28.8 Å². The van der Waals surface area contributed by atoms with E-state index in [0.717, 1.165) is 23.7 Å². The summed E-state index contributed by atoms with van der Waals surface area (Å²) in [5.41, 5.74) is 3.96. The number of hydrogen-bond donors (Lipinski definition) is 2. The van der Waals surface area contributed by atoms with Crippen molar-refractivity contribution in [1.82, 2.24) is 10.3 Å². The number of rotatable bonds is 6. The molecule has 2 aromatic carbocycles. The second-order valence-corrected chi connectivity index (χ2v) is 7.68. The van der Waals surface area contributed by atoms with E-state index in [9.17, 15) is 9.59 Å². The zero-order chi connectivity index (χ0) is 19.9. The Labute approximate surface area is 173 Å². The molecule has 1 unspecified atom stereocenters. The van der Waals surface area contributed by atoms with Crippen molar-refractivity contribution in [3.63, 3.8) is 0 Å². The minimum atomic E-state index is -0.258. The summed E-state index contributed by atoms with van der Waals surface area (Å²) in [5, 5.41) is 0. The van der Waals surface area contributed by atoms with Crippen molar-refractivity contribution >= 4 is 27.7 Å². The van der Waals surface area contributed by atoms with Gasteiger partial charge in [0.25, 0.3) is 5.91 Å². The number of ether oxygens (including phenoxy) is 1. The molecule has 1 saturated heterocycles. The zero-order valence-corrected chi connectivity index (χ0v) is 17.2. The first-order valence-corrected chi connectivity index (χ1v) is 10.1. The van der Waals surface area contributed by atoms with Crippen LogP contribution in [0, 0.1) is 5.92 Å². The molecule has 0 aromatic heterocycles. The second kappa shape index (κ2) is 9.71. The molecule has 1 heterocycles. The van der Waals surface area contributed by atoms with E-state index in [-0.39, 0.29) is 17.7 Å². The van der Waals surface area contributed by atoms with Crippen LogP contribution in [0.25, 0.3) is 0 Å². The lowest BCUT2D eigenvalue weighted by atomic mass is 9.96. The smallest absolute Gasteiger partial charge is 0.253 e. The number of hydrazine groups is 1. The van der Waals surface area contributed by atoms with Crippen LogP contribution in [0.2, 0.25) is 0 Å². The monoisotopic (exact) mass is 445 g/mol. The number of likely N-dealkylation sites (tertiary alicyclic amines) is 1. The van der Waals surface area contributed by atoms with Gasteiger partial charge in [-0.25, -0.2) is 5.84 Å². The van der Waals surface area contributed by atoms with Gasteiger partial charge >= 0.3 is 0 Å². The van der Waals surface area contributed by atoms with Gasteiger partial charge in [-0.3, -0.25) is 15.0 Å². The van der Waals surface area contributed by atoms with Crippen LogP contribution in [-0.4, -0.2) is 36.4 Å². The van der Waals surface area contributed by atoms with Gasteiger partial charge in [0.05, 0.1) is 17.0 Å². The molecular weight excluding hydrogens is 422 g/mol. The molecule has 7 heteroatoms. The van der Waals surface area contributed by atoms with Crippen molar-refractivity contribution in [1.29, 1.82) is 0 Å². The number of nitrogens with two attached hydrogens (primary N) is 1. The molecule has 1 aliphatic heterocycles. The highest BCUT2D eigenvalue weighted by atomic mass is 79.9. The van der Waals surface area contributed by atoms with Crippen molar-refractivity contribution in [2.75, 3.05) is 19.7 Å². The van der Waals surface area contributed by atoms with E-state index in [4.69, 9.17) is 10.6 Å². The van der Waals surface area contributed by atoms with Gasteiger partial charge in [-0.2, -0.15) is 0 Å². The topological polar surface area (TPSA) is 84.7 Å². The summed E-state index contributed by atoms with van der Waals surface area (Å²) < 4.78 is 6.58. The number of nitrogens with one attached hydrogen (secondary N) is 1. The van der Waals surface area contributed by atoms with E-state index in [1.807, 2.05) is 18.2 Å². The Kier molecular flexibility index (Phi) is 7.06. The van der Waals surface area contributed by atoms with Crippen LogP contribution in [0.3, 0.4) is 0 Å². The lowest BCUT2D eigenvalue weighted by molar-refractivity contribution is -0.126. The molecule has 6 nitrogen and oxygen atoms in total. The number of amides is 2. The van der Waals surface area contributed by atoms with Gasteiger partial charge in [-0.15, -0.1) is 0 Å². The molecule has 2 aromatic rings. The fraction of sp³-hybridized carbons (Fsp3) is 0.333. The Morgan fingerprint density at radius 2 is 2.00 bits per heavy atom. The summed E-state index contributed by atoms with van der Waals surface area (Å²) in [6.45, 7) is 1.58. The second-order valence-electron chi connectivity index (χ2n) is 6.83. The van der Waals surface area contributed by atoms with Gasteiger partial charge in [0.1, 0.15) is 5.75 Å². The van der Waals surface area contributed by atoms with Crippen LogP contribution < -0.4 is 16.0 Å². The van der Waals surface area contributed by atoms with Gasteiger partial charge in [0.15, 0.2) is 0 Å². The number of carbonyl (C=O) groups is 2. The third-order valence-electron chi connectivity index (χ3n) is 4.89. The molecule has 0 saturated carbocycles. The SMILES string of the molecule is NNC(=O)C1CCCN(C(=O)c2ccc(OCCc3ccccc3)c(Br)c2)C1. The average Bonchev–Trinajstić information content (AvgIpc) is 2.74. The summed E-state index contributed by atoms with van der Waals surface area (Å²) in [6.07, 6.45) is 2.34. The van der Waals surface area contributed by atoms with Crippen LogP contribution >= 0.6 is 15.9 Å². The quantitative estimate of drug-likeness (QED) is 0.406. The first-order chi connectivity index (χ1) is 13.6. The predicted octanol–water partition coefficient (Wildman–Crippen LogP) is 2.91. The highest BCUT2D eigenvalue weighted by molar-refractivity contribution is 9.10. The van der Waals surface area contributed by atoms with Crippen molar-refractivity contribution in [2.45, 2.75) is 19.3 Å². The molecular formula is C21H24BrN3O3. The maximum atomic E-state index is 12.8. The molecule has 2 amide bonds. The number of benzene rings is 2. The molecule has 0 aliphatic carbocycles. The molecule has 0 spiro atoms. The van der Waals surface area contributed by atoms with E-state index in [1.165, 1.54) is 5.56 Å². The Hall–Kier alpha value is -2.38. The molecule has 0 bridgehead atoms. The minimum Gasteiger partial charge on any atom is -0.492 e. The number of hydrogen-bond acceptors (Lipinski definition) is 4. The molecule has 1 aliphatic rings. The summed E-state index contributed by atoms with van der Waals surface area (Å²) in [4.78, 5) is 26.3. The highest BCUT2D eigenvalue weighted by Crippen LogP contribution is 2.27. The lowest BCUT2D eigenvalue weighted by Gasteiger charge is -2.31. The van der Waals surface area contributed by atoms with Crippen LogP contribution in [0.5, 0.6) is 5.75 Å². The normalized spacial score (nSPS) is 16.5. The van der Waals surface area contributed by atoms with Gasteiger partial charge in [-0.1, -0.05) is 30.3 Å². The Balaban J connectivity index is 1.59. The molecule has 1 fully saturated rings. The van der Waals surface area contributed by atoms with E-state index in [2.05, 4.69) is 33.5 Å². The number of nitrogens with zero attached hydrogens (tertiary/aromatic N) is 1.